The number of hydrogen-bond acceptors (Lipinski definition) is 3. The Labute approximate surface area is 152 Å². The van der Waals surface area contributed by atoms with E-state index in [1.807, 2.05) is 31.2 Å². The third kappa shape index (κ3) is 2.37. The van der Waals surface area contributed by atoms with Gasteiger partial charge in [0.1, 0.15) is 0 Å². The molecule has 0 saturated heterocycles. The molecule has 2 aromatic heterocycles. The van der Waals surface area contributed by atoms with Gasteiger partial charge in [-0.15, -0.1) is 0 Å². The summed E-state index contributed by atoms with van der Waals surface area (Å²) in [6.45, 7) is 4.89. The minimum absolute atomic E-state index is 0.246. The van der Waals surface area contributed by atoms with Crippen molar-refractivity contribution in [3.05, 3.63) is 72.7 Å². The molecule has 4 rings (SSSR count). The number of rotatable bonds is 4. The van der Waals surface area contributed by atoms with E-state index in [9.17, 15) is 8.42 Å². The molecule has 0 spiro atoms. The highest BCUT2D eigenvalue weighted by atomic mass is 32.2. The highest BCUT2D eigenvalue weighted by Crippen LogP contribution is 2.34. The van der Waals surface area contributed by atoms with Crippen LogP contribution < -0.4 is 0 Å². The summed E-state index contributed by atoms with van der Waals surface area (Å²) in [5.74, 6) is 0.440. The van der Waals surface area contributed by atoms with E-state index in [0.29, 0.717) is 5.82 Å². The van der Waals surface area contributed by atoms with Gasteiger partial charge in [0.2, 0.25) is 0 Å². The van der Waals surface area contributed by atoms with Crippen LogP contribution in [-0.2, 0) is 16.6 Å². The molecule has 6 heteroatoms. The van der Waals surface area contributed by atoms with Gasteiger partial charge >= 0.3 is 0 Å². The number of aromatic nitrogens is 3. The summed E-state index contributed by atoms with van der Waals surface area (Å²) in [7, 11) is -3.71. The number of hydrogen-bond donors (Lipinski definition) is 0. The first-order valence-corrected chi connectivity index (χ1v) is 9.92. The maximum atomic E-state index is 13.1. The Kier molecular flexibility index (Phi) is 3.92. The van der Waals surface area contributed by atoms with Crippen LogP contribution in [0.2, 0.25) is 0 Å². The lowest BCUT2D eigenvalue weighted by atomic mass is 10.1. The smallest absolute Gasteiger partial charge is 0.269 e. The van der Waals surface area contributed by atoms with Crippen molar-refractivity contribution in [1.82, 2.24) is 13.5 Å². The summed E-state index contributed by atoms with van der Waals surface area (Å²) >= 11 is 0. The van der Waals surface area contributed by atoms with Gasteiger partial charge in [-0.2, -0.15) is 0 Å². The third-order valence-corrected chi connectivity index (χ3v) is 6.36. The number of para-hydroxylation sites is 1. The van der Waals surface area contributed by atoms with Crippen molar-refractivity contribution in [2.24, 2.45) is 0 Å². The van der Waals surface area contributed by atoms with Crippen LogP contribution in [0.1, 0.15) is 12.6 Å². The number of aryl methyl sites for hydroxylation is 1. The van der Waals surface area contributed by atoms with Crippen molar-refractivity contribution in [3.8, 4) is 11.4 Å². The molecular formula is C20H19N3O2S. The first-order valence-electron chi connectivity index (χ1n) is 8.48. The van der Waals surface area contributed by atoms with Crippen molar-refractivity contribution in [1.29, 1.82) is 0 Å². The normalized spacial score (nSPS) is 11.9. The number of nitrogens with zero attached hydrogens (tertiary/aromatic N) is 3. The zero-order chi connectivity index (χ0) is 18.3. The lowest BCUT2D eigenvalue weighted by Gasteiger charge is -2.10. The van der Waals surface area contributed by atoms with Gasteiger partial charge in [-0.1, -0.05) is 36.4 Å². The Morgan fingerprint density at radius 1 is 1.00 bits per heavy atom. The molecule has 132 valence electrons. The SMILES string of the molecule is CCn1c(C)c(-c2nccn2S(=O)(=O)c2ccccc2)c2ccccc21. The molecule has 5 nitrogen and oxygen atoms in total. The van der Waals surface area contributed by atoms with Crippen LogP contribution >= 0.6 is 0 Å². The minimum Gasteiger partial charge on any atom is -0.344 e. The van der Waals surface area contributed by atoms with Crippen LogP contribution in [0.4, 0.5) is 0 Å². The Morgan fingerprint density at radius 3 is 2.42 bits per heavy atom. The van der Waals surface area contributed by atoms with Gasteiger partial charge in [0, 0.05) is 41.1 Å². The van der Waals surface area contributed by atoms with E-state index in [1.54, 1.807) is 30.3 Å². The van der Waals surface area contributed by atoms with Gasteiger partial charge in [0.15, 0.2) is 5.82 Å². The molecule has 0 aliphatic carbocycles. The van der Waals surface area contributed by atoms with Gasteiger partial charge in [-0.3, -0.25) is 0 Å². The van der Waals surface area contributed by atoms with Crippen LogP contribution in [0.15, 0.2) is 71.9 Å². The van der Waals surface area contributed by atoms with Gasteiger partial charge in [-0.05, 0) is 32.0 Å². The van der Waals surface area contributed by atoms with E-state index in [-0.39, 0.29) is 4.90 Å². The van der Waals surface area contributed by atoms with Crippen LogP contribution in [0.5, 0.6) is 0 Å². The van der Waals surface area contributed by atoms with Crippen molar-refractivity contribution in [2.45, 2.75) is 25.3 Å². The number of imidazole rings is 1. The van der Waals surface area contributed by atoms with E-state index in [4.69, 9.17) is 0 Å². The van der Waals surface area contributed by atoms with Gasteiger partial charge in [-0.25, -0.2) is 17.4 Å². The Morgan fingerprint density at radius 2 is 1.69 bits per heavy atom. The van der Waals surface area contributed by atoms with E-state index < -0.39 is 10.0 Å². The number of benzene rings is 2. The third-order valence-electron chi connectivity index (χ3n) is 4.68. The maximum Gasteiger partial charge on any atom is 0.269 e. The molecule has 0 atom stereocenters. The van der Waals surface area contributed by atoms with Crippen molar-refractivity contribution in [2.75, 3.05) is 0 Å². The molecule has 0 radical (unpaired) electrons. The molecule has 26 heavy (non-hydrogen) atoms. The van der Waals surface area contributed by atoms with Crippen molar-refractivity contribution in [3.63, 3.8) is 0 Å². The predicted molar refractivity (Wildman–Crippen MR) is 103 cm³/mol. The molecule has 0 aliphatic heterocycles. The standard InChI is InChI=1S/C20H19N3O2S/c1-3-22-15(2)19(17-11-7-8-12-18(17)22)20-21-13-14-23(20)26(24,25)16-9-5-4-6-10-16/h4-14H,3H2,1-2H3. The second-order valence-electron chi connectivity index (χ2n) is 6.09. The number of fused-ring (bicyclic) bond motifs is 1. The quantitative estimate of drug-likeness (QED) is 0.548. The van der Waals surface area contributed by atoms with E-state index >= 15 is 0 Å². The summed E-state index contributed by atoms with van der Waals surface area (Å²) in [5.41, 5.74) is 2.94. The minimum atomic E-state index is -3.71. The molecule has 0 amide bonds. The van der Waals surface area contributed by atoms with Gasteiger partial charge in [0.25, 0.3) is 10.0 Å². The summed E-state index contributed by atoms with van der Waals surface area (Å²) in [4.78, 5) is 4.65. The fourth-order valence-corrected chi connectivity index (χ4v) is 4.80. The summed E-state index contributed by atoms with van der Waals surface area (Å²) in [6, 6.07) is 16.5. The molecule has 0 fully saturated rings. The molecule has 0 N–H and O–H groups in total. The highest BCUT2D eigenvalue weighted by molar-refractivity contribution is 7.90. The highest BCUT2D eigenvalue weighted by Gasteiger charge is 2.24. The maximum absolute atomic E-state index is 13.1. The summed E-state index contributed by atoms with van der Waals surface area (Å²) in [6.07, 6.45) is 3.04. The molecule has 0 saturated carbocycles. The van der Waals surface area contributed by atoms with E-state index in [2.05, 4.69) is 16.5 Å². The van der Waals surface area contributed by atoms with Crippen LogP contribution in [0.25, 0.3) is 22.3 Å². The molecule has 0 aliphatic rings. The summed E-state index contributed by atoms with van der Waals surface area (Å²) in [5, 5.41) is 1.00. The molecule has 2 aromatic carbocycles. The van der Waals surface area contributed by atoms with Crippen molar-refractivity contribution < 1.29 is 8.42 Å². The fourth-order valence-electron chi connectivity index (χ4n) is 3.49. The Hall–Kier alpha value is -2.86. The molecule has 2 heterocycles. The second-order valence-corrected chi connectivity index (χ2v) is 7.90. The van der Waals surface area contributed by atoms with Crippen LogP contribution in [-0.4, -0.2) is 21.9 Å². The van der Waals surface area contributed by atoms with Crippen molar-refractivity contribution >= 4 is 20.9 Å². The van der Waals surface area contributed by atoms with Gasteiger partial charge < -0.3 is 4.57 Å². The zero-order valence-corrected chi connectivity index (χ0v) is 15.4. The van der Waals surface area contributed by atoms with Crippen LogP contribution in [0.3, 0.4) is 0 Å². The Bertz CT molecular complexity index is 1190. The van der Waals surface area contributed by atoms with Gasteiger partial charge in [0.05, 0.1) is 4.90 Å². The Balaban J connectivity index is 2.01. The van der Waals surface area contributed by atoms with E-state index in [1.165, 1.54) is 16.4 Å². The topological polar surface area (TPSA) is 56.9 Å². The first-order chi connectivity index (χ1) is 12.6. The monoisotopic (exact) mass is 365 g/mol. The lowest BCUT2D eigenvalue weighted by molar-refractivity contribution is 0.588. The molecule has 4 aromatic rings. The zero-order valence-electron chi connectivity index (χ0n) is 14.6. The van der Waals surface area contributed by atoms with Crippen LogP contribution in [0, 0.1) is 6.92 Å². The molecule has 0 bridgehead atoms. The lowest BCUT2D eigenvalue weighted by Crippen LogP contribution is -2.13. The predicted octanol–water partition coefficient (Wildman–Crippen LogP) is 4.07. The fraction of sp³-hybridized carbons (Fsp3) is 0.150. The van der Waals surface area contributed by atoms with E-state index in [0.717, 1.165) is 28.7 Å². The molecular weight excluding hydrogens is 346 g/mol. The average molecular weight is 365 g/mol. The summed E-state index contributed by atoms with van der Waals surface area (Å²) < 4.78 is 29.7. The first kappa shape index (κ1) is 16.6. The second kappa shape index (κ2) is 6.14. The average Bonchev–Trinajstić information content (AvgIpc) is 3.24. The largest absolute Gasteiger partial charge is 0.344 e. The molecule has 0 unspecified atom stereocenters.